The van der Waals surface area contributed by atoms with E-state index in [0.717, 1.165) is 0 Å². The average Bonchev–Trinajstić information content (AvgIpc) is 2.70. The van der Waals surface area contributed by atoms with E-state index in [1.165, 1.54) is 0 Å². The Morgan fingerprint density at radius 3 is 1.78 bits per heavy atom. The number of carbonyl (C=O) groups excluding carboxylic acids is 4. The maximum atomic E-state index is 12.7. The number of hydrogen-bond acceptors (Lipinski definition) is 8. The molecule has 0 fully saturated rings. The summed E-state index contributed by atoms with van der Waals surface area (Å²) in [6.45, 7) is 2.44. The Bertz CT molecular complexity index is 713. The second-order valence-corrected chi connectivity index (χ2v) is 7.42. The zero-order chi connectivity index (χ0) is 25.0. The molecule has 182 valence electrons. The molecule has 0 aliphatic carbocycles. The van der Waals surface area contributed by atoms with Crippen molar-refractivity contribution in [3.8, 4) is 0 Å². The van der Waals surface area contributed by atoms with Crippen molar-refractivity contribution in [1.82, 2.24) is 16.0 Å². The van der Waals surface area contributed by atoms with Crippen molar-refractivity contribution in [3.05, 3.63) is 0 Å². The van der Waals surface area contributed by atoms with Crippen molar-refractivity contribution in [3.63, 3.8) is 0 Å². The molecule has 0 saturated heterocycles. The van der Waals surface area contributed by atoms with E-state index < -0.39 is 78.7 Å². The van der Waals surface area contributed by atoms with Gasteiger partial charge in [-0.3, -0.25) is 24.0 Å². The van der Waals surface area contributed by atoms with E-state index in [9.17, 15) is 33.9 Å². The van der Waals surface area contributed by atoms with Crippen molar-refractivity contribution in [2.45, 2.75) is 63.7 Å². The molecule has 0 heterocycles. The van der Waals surface area contributed by atoms with E-state index in [0.29, 0.717) is 0 Å². The number of hydrogen-bond donors (Lipinski definition) is 8. The Morgan fingerprint density at radius 2 is 1.34 bits per heavy atom. The minimum Gasteiger partial charge on any atom is -0.481 e. The number of carboxylic acids is 2. The average molecular weight is 461 g/mol. The Hall–Kier alpha value is -3.26. The smallest absolute Gasteiger partial charge is 0.326 e. The minimum atomic E-state index is -1.50. The number of amides is 4. The standard InChI is InChI=1S/C18H31N5O9/c1-8(2)14(17(30)22-11(18(31)32)4-6-13(26)27)23-16(29)10(3-5-12(20)25)21-15(28)9(19)7-24/h8-11,14,24H,3-7,19H2,1-2H3,(H2,20,25)(H,21,28)(H,22,30)(H,23,29)(H,26,27)(H,31,32). The third-order valence-electron chi connectivity index (χ3n) is 4.35. The van der Waals surface area contributed by atoms with Gasteiger partial charge < -0.3 is 42.7 Å². The molecule has 0 spiro atoms. The van der Waals surface area contributed by atoms with Crippen LogP contribution in [0.15, 0.2) is 0 Å². The molecule has 0 aliphatic rings. The number of nitrogens with two attached hydrogens (primary N) is 2. The van der Waals surface area contributed by atoms with E-state index in [2.05, 4.69) is 16.0 Å². The monoisotopic (exact) mass is 461 g/mol. The summed E-state index contributed by atoms with van der Waals surface area (Å²) >= 11 is 0. The predicted molar refractivity (Wildman–Crippen MR) is 109 cm³/mol. The molecule has 4 atom stereocenters. The normalized spacial score (nSPS) is 14.5. The topological polar surface area (TPSA) is 251 Å². The molecule has 0 aromatic heterocycles. The second kappa shape index (κ2) is 13.9. The number of rotatable bonds is 15. The molecule has 0 aromatic carbocycles. The van der Waals surface area contributed by atoms with Crippen LogP contribution in [-0.4, -0.2) is 81.7 Å². The molecule has 0 rings (SSSR count). The van der Waals surface area contributed by atoms with Gasteiger partial charge in [0.25, 0.3) is 0 Å². The van der Waals surface area contributed by atoms with Gasteiger partial charge in [-0.15, -0.1) is 0 Å². The fourth-order valence-corrected chi connectivity index (χ4v) is 2.49. The van der Waals surface area contributed by atoms with Gasteiger partial charge in [0.15, 0.2) is 0 Å². The van der Waals surface area contributed by atoms with Crippen molar-refractivity contribution in [1.29, 1.82) is 0 Å². The molecule has 0 bridgehead atoms. The highest BCUT2D eigenvalue weighted by Gasteiger charge is 2.32. The van der Waals surface area contributed by atoms with Crippen molar-refractivity contribution in [2.24, 2.45) is 17.4 Å². The summed E-state index contributed by atoms with van der Waals surface area (Å²) in [6, 6.07) is -5.38. The maximum absolute atomic E-state index is 12.7. The number of nitrogens with one attached hydrogen (secondary N) is 3. The van der Waals surface area contributed by atoms with Gasteiger partial charge in [-0.25, -0.2) is 4.79 Å². The quantitative estimate of drug-likeness (QED) is 0.120. The Labute approximate surface area is 184 Å². The first kappa shape index (κ1) is 28.7. The summed E-state index contributed by atoms with van der Waals surface area (Å²) < 4.78 is 0. The third-order valence-corrected chi connectivity index (χ3v) is 4.35. The lowest BCUT2D eigenvalue weighted by Gasteiger charge is -2.27. The fraction of sp³-hybridized carbons (Fsp3) is 0.667. The molecule has 0 radical (unpaired) electrons. The number of aliphatic hydroxyl groups excluding tert-OH is 1. The molecule has 0 aliphatic heterocycles. The van der Waals surface area contributed by atoms with E-state index in [4.69, 9.17) is 21.7 Å². The van der Waals surface area contributed by atoms with Gasteiger partial charge in [0.2, 0.25) is 23.6 Å². The molecule has 4 unspecified atom stereocenters. The van der Waals surface area contributed by atoms with Crippen LogP contribution in [0.1, 0.15) is 39.5 Å². The molecule has 0 saturated carbocycles. The third kappa shape index (κ3) is 10.7. The summed E-state index contributed by atoms with van der Waals surface area (Å²) in [5.74, 6) is -6.58. The Kier molecular flexibility index (Phi) is 12.5. The number of aliphatic carboxylic acids is 2. The first-order valence-electron chi connectivity index (χ1n) is 9.80. The van der Waals surface area contributed by atoms with Gasteiger partial charge in [-0.2, -0.15) is 0 Å². The van der Waals surface area contributed by atoms with Gasteiger partial charge in [-0.1, -0.05) is 13.8 Å². The Morgan fingerprint density at radius 1 is 0.812 bits per heavy atom. The number of carboxylic acid groups (broad SMARTS) is 2. The zero-order valence-corrected chi connectivity index (χ0v) is 17.9. The lowest BCUT2D eigenvalue weighted by atomic mass is 10.0. The molecule has 4 amide bonds. The highest BCUT2D eigenvalue weighted by atomic mass is 16.4. The first-order chi connectivity index (χ1) is 14.8. The van der Waals surface area contributed by atoms with Crippen molar-refractivity contribution in [2.75, 3.05) is 6.61 Å². The fourth-order valence-electron chi connectivity index (χ4n) is 2.49. The van der Waals surface area contributed by atoms with Crippen LogP contribution in [0.25, 0.3) is 0 Å². The highest BCUT2D eigenvalue weighted by molar-refractivity contribution is 5.94. The summed E-state index contributed by atoms with van der Waals surface area (Å²) in [5.41, 5.74) is 10.5. The van der Waals surface area contributed by atoms with Crippen LogP contribution in [0, 0.1) is 5.92 Å². The van der Waals surface area contributed by atoms with E-state index in [1.807, 2.05) is 0 Å². The van der Waals surface area contributed by atoms with Crippen molar-refractivity contribution >= 4 is 35.6 Å². The maximum Gasteiger partial charge on any atom is 0.326 e. The van der Waals surface area contributed by atoms with Gasteiger partial charge in [0.05, 0.1) is 6.61 Å². The van der Waals surface area contributed by atoms with Gasteiger partial charge >= 0.3 is 11.9 Å². The molecule has 32 heavy (non-hydrogen) atoms. The summed E-state index contributed by atoms with van der Waals surface area (Å²) in [4.78, 5) is 70.3. The summed E-state index contributed by atoms with van der Waals surface area (Å²) in [5, 5.41) is 33.7. The molecule has 14 heteroatoms. The minimum absolute atomic E-state index is 0.214. The second-order valence-electron chi connectivity index (χ2n) is 7.42. The van der Waals surface area contributed by atoms with Gasteiger partial charge in [-0.05, 0) is 18.8 Å². The predicted octanol–water partition coefficient (Wildman–Crippen LogP) is -3.37. The zero-order valence-electron chi connectivity index (χ0n) is 17.9. The lowest BCUT2D eigenvalue weighted by molar-refractivity contribution is -0.143. The van der Waals surface area contributed by atoms with E-state index in [1.54, 1.807) is 13.8 Å². The molecule has 14 nitrogen and oxygen atoms in total. The molecule has 0 aromatic rings. The van der Waals surface area contributed by atoms with E-state index in [-0.39, 0.29) is 19.3 Å². The van der Waals surface area contributed by atoms with Gasteiger partial charge in [0, 0.05) is 12.8 Å². The van der Waals surface area contributed by atoms with Crippen LogP contribution in [0.4, 0.5) is 0 Å². The summed E-state index contributed by atoms with van der Waals surface area (Å²) in [7, 11) is 0. The molecular formula is C18H31N5O9. The van der Waals surface area contributed by atoms with Gasteiger partial charge in [0.1, 0.15) is 24.2 Å². The molecule has 10 N–H and O–H groups in total. The molecular weight excluding hydrogens is 430 g/mol. The van der Waals surface area contributed by atoms with Crippen LogP contribution >= 0.6 is 0 Å². The first-order valence-corrected chi connectivity index (χ1v) is 9.80. The van der Waals surface area contributed by atoms with E-state index >= 15 is 0 Å². The number of primary amides is 1. The summed E-state index contributed by atoms with van der Waals surface area (Å²) in [6.07, 6.45) is -1.36. The SMILES string of the molecule is CC(C)C(NC(=O)C(CCC(N)=O)NC(=O)C(N)CO)C(=O)NC(CCC(=O)O)C(=O)O. The van der Waals surface area contributed by atoms with Crippen LogP contribution in [0.5, 0.6) is 0 Å². The number of aliphatic hydroxyl groups is 1. The van der Waals surface area contributed by atoms with Crippen LogP contribution in [-0.2, 0) is 28.8 Å². The highest BCUT2D eigenvalue weighted by Crippen LogP contribution is 2.07. The lowest BCUT2D eigenvalue weighted by Crippen LogP contribution is -2.58. The van der Waals surface area contributed by atoms with Crippen LogP contribution in [0.2, 0.25) is 0 Å². The van der Waals surface area contributed by atoms with Crippen LogP contribution in [0.3, 0.4) is 0 Å². The Balaban J connectivity index is 5.42. The largest absolute Gasteiger partial charge is 0.481 e. The van der Waals surface area contributed by atoms with Crippen molar-refractivity contribution < 1.29 is 44.1 Å². The van der Waals surface area contributed by atoms with Crippen LogP contribution < -0.4 is 27.4 Å². The number of carbonyl (C=O) groups is 6.